The van der Waals surface area contributed by atoms with Gasteiger partial charge in [0.05, 0.1) is 0 Å². The van der Waals surface area contributed by atoms with Crippen molar-refractivity contribution in [1.29, 1.82) is 0 Å². The maximum Gasteiger partial charge on any atom is 0.0103 e. The number of rotatable bonds is 5. The summed E-state index contributed by atoms with van der Waals surface area (Å²) in [5.74, 6) is 6.63. The van der Waals surface area contributed by atoms with Crippen LogP contribution in [-0.2, 0) is 0 Å². The first-order valence-electron chi connectivity index (χ1n) is 4.91. The lowest BCUT2D eigenvalue weighted by atomic mass is 9.92. The first-order chi connectivity index (χ1) is 5.76. The second kappa shape index (κ2) is 7.18. The highest BCUT2D eigenvalue weighted by Crippen LogP contribution is 2.14. The van der Waals surface area contributed by atoms with E-state index >= 15 is 0 Å². The molecular weight excluding hydrogens is 146 g/mol. The van der Waals surface area contributed by atoms with Gasteiger partial charge in [-0.1, -0.05) is 26.7 Å². The van der Waals surface area contributed by atoms with Crippen molar-refractivity contribution in [2.24, 2.45) is 11.7 Å². The third-order valence-corrected chi connectivity index (χ3v) is 2.43. The minimum atomic E-state index is 0.348. The van der Waals surface area contributed by atoms with Crippen molar-refractivity contribution in [3.63, 3.8) is 0 Å². The van der Waals surface area contributed by atoms with Crippen LogP contribution in [0.15, 0.2) is 0 Å². The van der Waals surface area contributed by atoms with E-state index in [0.717, 1.165) is 12.8 Å². The van der Waals surface area contributed by atoms with E-state index in [1.54, 1.807) is 0 Å². The first-order valence-corrected chi connectivity index (χ1v) is 4.91. The van der Waals surface area contributed by atoms with E-state index in [2.05, 4.69) is 25.7 Å². The molecule has 0 bridgehead atoms. The molecule has 70 valence electrons. The summed E-state index contributed by atoms with van der Waals surface area (Å²) in [5.41, 5.74) is 6.01. The summed E-state index contributed by atoms with van der Waals surface area (Å²) in [6, 6.07) is 0.348. The molecule has 0 radical (unpaired) electrons. The zero-order chi connectivity index (χ0) is 9.40. The average Bonchev–Trinajstić information content (AvgIpc) is 2.07. The lowest BCUT2D eigenvalue weighted by Crippen LogP contribution is -2.29. The summed E-state index contributed by atoms with van der Waals surface area (Å²) < 4.78 is 0. The average molecular weight is 167 g/mol. The van der Waals surface area contributed by atoms with Gasteiger partial charge in [0.15, 0.2) is 0 Å². The van der Waals surface area contributed by atoms with Crippen LogP contribution >= 0.6 is 0 Å². The third kappa shape index (κ3) is 4.41. The molecular formula is C11H21N. The standard InChI is InChI=1S/C11H21N/c1-4-7-8-9-11(12)10(5-2)6-3/h10-11H,5-6,8-9,12H2,1-3H3. The molecule has 0 amide bonds. The van der Waals surface area contributed by atoms with Crippen LogP contribution in [0.25, 0.3) is 0 Å². The number of nitrogens with two attached hydrogens (primary N) is 1. The summed E-state index contributed by atoms with van der Waals surface area (Å²) in [4.78, 5) is 0. The van der Waals surface area contributed by atoms with Crippen molar-refractivity contribution in [2.75, 3.05) is 0 Å². The SMILES string of the molecule is CC#CCCC(N)C(CC)CC. The molecule has 0 saturated carbocycles. The molecule has 0 saturated heterocycles. The molecule has 0 aliphatic rings. The van der Waals surface area contributed by atoms with Crippen LogP contribution < -0.4 is 5.73 Å². The summed E-state index contributed by atoms with van der Waals surface area (Å²) in [6.45, 7) is 6.29. The minimum Gasteiger partial charge on any atom is -0.327 e. The zero-order valence-electron chi connectivity index (χ0n) is 8.56. The van der Waals surface area contributed by atoms with Gasteiger partial charge in [-0.05, 0) is 19.3 Å². The highest BCUT2D eigenvalue weighted by molar-refractivity contribution is 4.95. The van der Waals surface area contributed by atoms with E-state index in [4.69, 9.17) is 5.73 Å². The molecule has 12 heavy (non-hydrogen) atoms. The van der Waals surface area contributed by atoms with E-state index in [9.17, 15) is 0 Å². The van der Waals surface area contributed by atoms with Crippen molar-refractivity contribution < 1.29 is 0 Å². The molecule has 0 aliphatic carbocycles. The summed E-state index contributed by atoms with van der Waals surface area (Å²) >= 11 is 0. The van der Waals surface area contributed by atoms with Crippen molar-refractivity contribution >= 4 is 0 Å². The van der Waals surface area contributed by atoms with Crippen LogP contribution in [0.3, 0.4) is 0 Å². The first kappa shape index (κ1) is 11.5. The van der Waals surface area contributed by atoms with Crippen LogP contribution in [0.1, 0.15) is 46.5 Å². The maximum atomic E-state index is 6.01. The topological polar surface area (TPSA) is 26.0 Å². The molecule has 0 aliphatic heterocycles. The highest BCUT2D eigenvalue weighted by Gasteiger charge is 2.12. The van der Waals surface area contributed by atoms with Crippen LogP contribution in [0, 0.1) is 17.8 Å². The fourth-order valence-electron chi connectivity index (χ4n) is 1.49. The Morgan fingerprint density at radius 3 is 2.25 bits per heavy atom. The predicted molar refractivity (Wildman–Crippen MR) is 54.7 cm³/mol. The van der Waals surface area contributed by atoms with Gasteiger partial charge in [-0.15, -0.1) is 11.8 Å². The molecule has 0 fully saturated rings. The van der Waals surface area contributed by atoms with Crippen molar-refractivity contribution in [3.8, 4) is 11.8 Å². The van der Waals surface area contributed by atoms with E-state index in [1.165, 1.54) is 12.8 Å². The lowest BCUT2D eigenvalue weighted by Gasteiger charge is -2.19. The quantitative estimate of drug-likeness (QED) is 0.626. The number of hydrogen-bond donors (Lipinski definition) is 1. The van der Waals surface area contributed by atoms with Gasteiger partial charge in [-0.2, -0.15) is 0 Å². The molecule has 0 aromatic rings. The van der Waals surface area contributed by atoms with Crippen molar-refractivity contribution in [2.45, 2.75) is 52.5 Å². The smallest absolute Gasteiger partial charge is 0.0103 e. The Kier molecular flexibility index (Phi) is 6.90. The molecule has 0 rings (SSSR count). The van der Waals surface area contributed by atoms with Crippen molar-refractivity contribution in [3.05, 3.63) is 0 Å². The maximum absolute atomic E-state index is 6.01. The molecule has 1 atom stereocenters. The third-order valence-electron chi connectivity index (χ3n) is 2.43. The summed E-state index contributed by atoms with van der Waals surface area (Å²) in [7, 11) is 0. The Bertz CT molecular complexity index is 148. The molecule has 2 N–H and O–H groups in total. The molecule has 1 heteroatoms. The molecule has 0 aromatic heterocycles. The summed E-state index contributed by atoms with van der Waals surface area (Å²) in [6.07, 6.45) is 4.38. The Balaban J connectivity index is 3.65. The van der Waals surface area contributed by atoms with Crippen LogP contribution in [0.5, 0.6) is 0 Å². The second-order valence-corrected chi connectivity index (χ2v) is 3.21. The highest BCUT2D eigenvalue weighted by atomic mass is 14.6. The largest absolute Gasteiger partial charge is 0.327 e. The summed E-state index contributed by atoms with van der Waals surface area (Å²) in [5, 5.41) is 0. The van der Waals surface area contributed by atoms with Gasteiger partial charge in [0.2, 0.25) is 0 Å². The van der Waals surface area contributed by atoms with Gasteiger partial charge < -0.3 is 5.73 Å². The van der Waals surface area contributed by atoms with E-state index < -0.39 is 0 Å². The fraction of sp³-hybridized carbons (Fsp3) is 0.818. The van der Waals surface area contributed by atoms with Crippen molar-refractivity contribution in [1.82, 2.24) is 0 Å². The molecule has 0 heterocycles. The van der Waals surface area contributed by atoms with Gasteiger partial charge in [-0.3, -0.25) is 0 Å². The van der Waals surface area contributed by atoms with Gasteiger partial charge in [0.25, 0.3) is 0 Å². The van der Waals surface area contributed by atoms with E-state index in [-0.39, 0.29) is 0 Å². The molecule has 1 unspecified atom stereocenters. The van der Waals surface area contributed by atoms with Gasteiger partial charge in [0, 0.05) is 12.5 Å². The molecule has 0 aromatic carbocycles. The Morgan fingerprint density at radius 1 is 1.25 bits per heavy atom. The molecule has 0 spiro atoms. The van der Waals surface area contributed by atoms with Gasteiger partial charge in [0.1, 0.15) is 0 Å². The van der Waals surface area contributed by atoms with Gasteiger partial charge in [-0.25, -0.2) is 0 Å². The van der Waals surface area contributed by atoms with Crippen LogP contribution in [0.4, 0.5) is 0 Å². The second-order valence-electron chi connectivity index (χ2n) is 3.21. The fourth-order valence-corrected chi connectivity index (χ4v) is 1.49. The molecule has 1 nitrogen and oxygen atoms in total. The Hall–Kier alpha value is -0.480. The Morgan fingerprint density at radius 2 is 1.83 bits per heavy atom. The zero-order valence-corrected chi connectivity index (χ0v) is 8.56. The van der Waals surface area contributed by atoms with Crippen LogP contribution in [0.2, 0.25) is 0 Å². The van der Waals surface area contributed by atoms with Gasteiger partial charge >= 0.3 is 0 Å². The lowest BCUT2D eigenvalue weighted by molar-refractivity contribution is 0.381. The predicted octanol–water partition coefficient (Wildman–Crippen LogP) is 2.55. The Labute approximate surface area is 76.7 Å². The number of hydrogen-bond acceptors (Lipinski definition) is 1. The van der Waals surface area contributed by atoms with E-state index in [1.807, 2.05) is 6.92 Å². The van der Waals surface area contributed by atoms with E-state index in [0.29, 0.717) is 12.0 Å². The van der Waals surface area contributed by atoms with Crippen LogP contribution in [-0.4, -0.2) is 6.04 Å². The monoisotopic (exact) mass is 167 g/mol. The minimum absolute atomic E-state index is 0.348. The normalized spacial score (nSPS) is 12.4.